The second-order valence-corrected chi connectivity index (χ2v) is 2.12. The highest BCUT2D eigenvalue weighted by Gasteiger charge is 2.13. The Morgan fingerprint density at radius 1 is 1.60 bits per heavy atom. The molecule has 0 aromatic rings. The third-order valence-electron chi connectivity index (χ3n) is 1.19. The van der Waals surface area contributed by atoms with Crippen molar-refractivity contribution in [1.82, 2.24) is 5.32 Å². The molecule has 1 unspecified atom stereocenters. The lowest BCUT2D eigenvalue weighted by atomic mass is 10.1. The molecule has 0 fully saturated rings. The first kappa shape index (κ1) is 8.94. The number of amides is 1. The summed E-state index contributed by atoms with van der Waals surface area (Å²) in [7, 11) is 1.48. The maximum absolute atomic E-state index is 10.6. The van der Waals surface area contributed by atoms with Gasteiger partial charge in [0.1, 0.15) is 0 Å². The number of carbonyl (C=O) groups is 2. The number of hydrogen-bond donors (Lipinski definition) is 2. The number of nitrogens with one attached hydrogen (secondary N) is 1. The second-order valence-electron chi connectivity index (χ2n) is 2.12. The Hall–Kier alpha value is -1.06. The van der Waals surface area contributed by atoms with E-state index in [1.807, 2.05) is 0 Å². The Bertz CT molecular complexity index is 144. The van der Waals surface area contributed by atoms with Crippen molar-refractivity contribution in [2.24, 2.45) is 5.92 Å². The summed E-state index contributed by atoms with van der Waals surface area (Å²) in [4.78, 5) is 20.7. The van der Waals surface area contributed by atoms with Gasteiger partial charge in [0.05, 0.1) is 5.92 Å². The highest BCUT2D eigenvalue weighted by Crippen LogP contribution is 1.99. The quantitative estimate of drug-likeness (QED) is 0.580. The van der Waals surface area contributed by atoms with Gasteiger partial charge in [0.2, 0.25) is 5.91 Å². The van der Waals surface area contributed by atoms with E-state index >= 15 is 0 Å². The van der Waals surface area contributed by atoms with Gasteiger partial charge in [-0.3, -0.25) is 9.59 Å². The van der Waals surface area contributed by atoms with E-state index in [0.717, 1.165) is 0 Å². The molecule has 0 spiro atoms. The lowest BCUT2D eigenvalue weighted by Gasteiger charge is -2.02. The van der Waals surface area contributed by atoms with Crippen molar-refractivity contribution in [3.8, 4) is 0 Å². The average Bonchev–Trinajstić information content (AvgIpc) is 1.87. The first-order valence-corrected chi connectivity index (χ1v) is 3.01. The number of carboxylic acid groups (broad SMARTS) is 1. The first-order chi connectivity index (χ1) is 4.57. The minimum absolute atomic E-state index is 0.0475. The van der Waals surface area contributed by atoms with Crippen molar-refractivity contribution in [3.05, 3.63) is 0 Å². The molecule has 0 aliphatic carbocycles. The number of aliphatic carboxylic acids is 1. The average molecular weight is 145 g/mol. The summed E-state index contributed by atoms with van der Waals surface area (Å²) in [6.45, 7) is 1.50. The lowest BCUT2D eigenvalue weighted by molar-refractivity contribution is -0.143. The maximum Gasteiger partial charge on any atom is 0.306 e. The molecule has 1 atom stereocenters. The van der Waals surface area contributed by atoms with Gasteiger partial charge in [0.15, 0.2) is 0 Å². The Balaban J connectivity index is 3.68. The van der Waals surface area contributed by atoms with Crippen LogP contribution in [-0.4, -0.2) is 24.0 Å². The van der Waals surface area contributed by atoms with Crippen LogP contribution in [-0.2, 0) is 9.59 Å². The van der Waals surface area contributed by atoms with Crippen LogP contribution in [0.5, 0.6) is 0 Å². The molecule has 0 saturated carbocycles. The van der Waals surface area contributed by atoms with E-state index in [1.165, 1.54) is 14.0 Å². The molecule has 1 amide bonds. The van der Waals surface area contributed by atoms with Crippen LogP contribution in [0.15, 0.2) is 0 Å². The van der Waals surface area contributed by atoms with Gasteiger partial charge in [-0.1, -0.05) is 6.92 Å². The molecule has 0 aromatic heterocycles. The van der Waals surface area contributed by atoms with E-state index < -0.39 is 11.9 Å². The molecule has 0 aliphatic rings. The van der Waals surface area contributed by atoms with Crippen LogP contribution in [0.25, 0.3) is 0 Å². The van der Waals surface area contributed by atoms with Crippen molar-refractivity contribution in [2.45, 2.75) is 13.3 Å². The zero-order chi connectivity index (χ0) is 8.15. The maximum atomic E-state index is 10.6. The normalized spacial score (nSPS) is 12.2. The molecule has 0 rings (SSSR count). The summed E-state index contributed by atoms with van der Waals surface area (Å²) in [6.07, 6.45) is 0.0475. The summed E-state index contributed by atoms with van der Waals surface area (Å²) < 4.78 is 0. The number of carbonyl (C=O) groups excluding carboxylic acids is 1. The summed E-state index contributed by atoms with van der Waals surface area (Å²) in [5.74, 6) is -1.78. The van der Waals surface area contributed by atoms with Crippen LogP contribution in [0.1, 0.15) is 13.3 Å². The van der Waals surface area contributed by atoms with Gasteiger partial charge >= 0.3 is 5.97 Å². The fourth-order valence-electron chi connectivity index (χ4n) is 0.467. The molecule has 4 heteroatoms. The highest BCUT2D eigenvalue weighted by atomic mass is 16.4. The van der Waals surface area contributed by atoms with Crippen molar-refractivity contribution in [1.29, 1.82) is 0 Å². The molecule has 0 bridgehead atoms. The van der Waals surface area contributed by atoms with Gasteiger partial charge in [-0.15, -0.1) is 0 Å². The van der Waals surface area contributed by atoms with Crippen molar-refractivity contribution in [3.63, 3.8) is 0 Å². The Labute approximate surface area is 59.2 Å². The van der Waals surface area contributed by atoms with Crippen LogP contribution in [0, 0.1) is 5.92 Å². The summed E-state index contributed by atoms with van der Waals surface area (Å²) >= 11 is 0. The minimum atomic E-state index is -0.941. The van der Waals surface area contributed by atoms with Crippen molar-refractivity contribution in [2.75, 3.05) is 7.05 Å². The van der Waals surface area contributed by atoms with E-state index in [2.05, 4.69) is 5.32 Å². The molecule has 4 nitrogen and oxygen atoms in total. The standard InChI is InChI=1S/C6H11NO3/c1-4(6(9)10)3-5(8)7-2/h4H,3H2,1-2H3,(H,7,8)(H,9,10). The van der Waals surface area contributed by atoms with Crippen molar-refractivity contribution < 1.29 is 14.7 Å². The smallest absolute Gasteiger partial charge is 0.306 e. The van der Waals surface area contributed by atoms with E-state index in [-0.39, 0.29) is 12.3 Å². The van der Waals surface area contributed by atoms with Gasteiger partial charge in [0.25, 0.3) is 0 Å². The second kappa shape index (κ2) is 3.87. The molecule has 10 heavy (non-hydrogen) atoms. The molecule has 0 aliphatic heterocycles. The zero-order valence-electron chi connectivity index (χ0n) is 6.05. The monoisotopic (exact) mass is 145 g/mol. The predicted molar refractivity (Wildman–Crippen MR) is 35.5 cm³/mol. The number of rotatable bonds is 3. The summed E-state index contributed by atoms with van der Waals surface area (Å²) in [5, 5.41) is 10.7. The van der Waals surface area contributed by atoms with Gasteiger partial charge < -0.3 is 10.4 Å². The molecule has 58 valence electrons. The minimum Gasteiger partial charge on any atom is -0.481 e. The number of carboxylic acids is 1. The van der Waals surface area contributed by atoms with E-state index in [0.29, 0.717) is 0 Å². The lowest BCUT2D eigenvalue weighted by Crippen LogP contribution is -2.23. The third-order valence-corrected chi connectivity index (χ3v) is 1.19. The van der Waals surface area contributed by atoms with Crippen LogP contribution in [0.2, 0.25) is 0 Å². The van der Waals surface area contributed by atoms with Crippen LogP contribution < -0.4 is 5.32 Å². The van der Waals surface area contributed by atoms with Gasteiger partial charge in [-0.2, -0.15) is 0 Å². The molecule has 2 N–H and O–H groups in total. The van der Waals surface area contributed by atoms with E-state index in [4.69, 9.17) is 5.11 Å². The fourth-order valence-corrected chi connectivity index (χ4v) is 0.467. The van der Waals surface area contributed by atoms with E-state index in [1.54, 1.807) is 0 Å². The SMILES string of the molecule is CNC(=O)CC(C)C(=O)O. The molecule has 0 heterocycles. The summed E-state index contributed by atoms with van der Waals surface area (Å²) in [5.41, 5.74) is 0. The Morgan fingerprint density at radius 2 is 2.10 bits per heavy atom. The predicted octanol–water partition coefficient (Wildman–Crippen LogP) is -0.157. The molecule has 0 radical (unpaired) electrons. The van der Waals surface area contributed by atoms with Gasteiger partial charge in [-0.25, -0.2) is 0 Å². The van der Waals surface area contributed by atoms with Crippen LogP contribution in [0.4, 0.5) is 0 Å². The highest BCUT2D eigenvalue weighted by molar-refractivity contribution is 5.81. The van der Waals surface area contributed by atoms with Crippen LogP contribution >= 0.6 is 0 Å². The fraction of sp³-hybridized carbons (Fsp3) is 0.667. The topological polar surface area (TPSA) is 66.4 Å². The van der Waals surface area contributed by atoms with E-state index in [9.17, 15) is 9.59 Å². The molecular weight excluding hydrogens is 134 g/mol. The first-order valence-electron chi connectivity index (χ1n) is 3.01. The summed E-state index contributed by atoms with van der Waals surface area (Å²) in [6, 6.07) is 0. The number of hydrogen-bond acceptors (Lipinski definition) is 2. The van der Waals surface area contributed by atoms with Crippen LogP contribution in [0.3, 0.4) is 0 Å². The Morgan fingerprint density at radius 3 is 2.40 bits per heavy atom. The third kappa shape index (κ3) is 3.06. The molecular formula is C6H11NO3. The molecule has 0 aromatic carbocycles. The Kier molecular flexibility index (Phi) is 3.46. The molecule has 0 saturated heterocycles. The van der Waals surface area contributed by atoms with Crippen molar-refractivity contribution >= 4 is 11.9 Å². The zero-order valence-corrected chi connectivity index (χ0v) is 6.05. The van der Waals surface area contributed by atoms with Gasteiger partial charge in [-0.05, 0) is 0 Å². The largest absolute Gasteiger partial charge is 0.481 e. The van der Waals surface area contributed by atoms with Gasteiger partial charge in [0, 0.05) is 13.5 Å².